The maximum absolute atomic E-state index is 13.0. The minimum Gasteiger partial charge on any atom is -0.322 e. The molecule has 0 heterocycles. The van der Waals surface area contributed by atoms with Crippen molar-refractivity contribution in [3.63, 3.8) is 0 Å². The molecule has 0 aromatic heterocycles. The molecule has 0 unspecified atom stereocenters. The number of thiol groups is 1. The first-order valence-corrected chi connectivity index (χ1v) is 5.88. The van der Waals surface area contributed by atoms with Gasteiger partial charge >= 0.3 is 0 Å². The van der Waals surface area contributed by atoms with Gasteiger partial charge in [-0.05, 0) is 36.8 Å². The lowest BCUT2D eigenvalue weighted by molar-refractivity contribution is 0.102. The van der Waals surface area contributed by atoms with Crippen LogP contribution in [0.15, 0.2) is 47.4 Å². The Morgan fingerprint density at radius 1 is 1.22 bits per heavy atom. The summed E-state index contributed by atoms with van der Waals surface area (Å²) < 4.78 is 13.0. The molecule has 2 rings (SSSR count). The Bertz CT molecular complexity index is 598. The lowest BCUT2D eigenvalue weighted by Gasteiger charge is -2.08. The second-order valence-corrected chi connectivity index (χ2v) is 4.38. The maximum Gasteiger partial charge on any atom is 0.256 e. The van der Waals surface area contributed by atoms with Gasteiger partial charge in [-0.1, -0.05) is 18.2 Å². The number of nitrogens with one attached hydrogen (secondary N) is 1. The molecule has 0 radical (unpaired) electrons. The highest BCUT2D eigenvalue weighted by atomic mass is 32.1. The van der Waals surface area contributed by atoms with Crippen LogP contribution in [0.4, 0.5) is 10.1 Å². The van der Waals surface area contributed by atoms with Crippen molar-refractivity contribution in [3.05, 3.63) is 59.4 Å². The quantitative estimate of drug-likeness (QED) is 0.793. The molecule has 18 heavy (non-hydrogen) atoms. The zero-order valence-electron chi connectivity index (χ0n) is 9.77. The molecule has 2 aromatic rings. The number of hydrogen-bond donors (Lipinski definition) is 2. The zero-order chi connectivity index (χ0) is 13.1. The summed E-state index contributed by atoms with van der Waals surface area (Å²) in [6, 6.07) is 11.1. The van der Waals surface area contributed by atoms with Crippen LogP contribution < -0.4 is 5.32 Å². The van der Waals surface area contributed by atoms with Gasteiger partial charge in [0.05, 0.1) is 5.56 Å². The maximum atomic E-state index is 13.0. The highest BCUT2D eigenvalue weighted by molar-refractivity contribution is 7.80. The van der Waals surface area contributed by atoms with E-state index in [1.165, 1.54) is 12.1 Å². The first-order chi connectivity index (χ1) is 8.58. The van der Waals surface area contributed by atoms with Crippen molar-refractivity contribution in [2.75, 3.05) is 5.32 Å². The van der Waals surface area contributed by atoms with Crippen LogP contribution >= 0.6 is 12.6 Å². The average Bonchev–Trinajstić information content (AvgIpc) is 2.32. The number of anilines is 1. The molecule has 0 atom stereocenters. The van der Waals surface area contributed by atoms with Gasteiger partial charge in [0.1, 0.15) is 5.82 Å². The molecular formula is C14H12FNOS. The molecule has 0 saturated carbocycles. The number of carbonyl (C=O) groups is 1. The second-order valence-electron chi connectivity index (χ2n) is 3.94. The Morgan fingerprint density at radius 2 is 1.94 bits per heavy atom. The predicted octanol–water partition coefficient (Wildman–Crippen LogP) is 3.68. The standard InChI is InChI=1S/C14H12FNOS/c1-9-4-2-7-12(13(9)18)14(17)16-11-6-3-5-10(15)8-11/h2-8,18H,1H3,(H,16,17). The molecular weight excluding hydrogens is 249 g/mol. The number of carbonyl (C=O) groups excluding carboxylic acids is 1. The summed E-state index contributed by atoms with van der Waals surface area (Å²) in [5.41, 5.74) is 1.82. The number of rotatable bonds is 2. The van der Waals surface area contributed by atoms with Crippen molar-refractivity contribution in [1.82, 2.24) is 0 Å². The van der Waals surface area contributed by atoms with Gasteiger partial charge in [-0.15, -0.1) is 12.6 Å². The minimum absolute atomic E-state index is 0.297. The molecule has 2 aromatic carbocycles. The van der Waals surface area contributed by atoms with Gasteiger partial charge in [-0.25, -0.2) is 4.39 Å². The molecule has 2 nitrogen and oxygen atoms in total. The van der Waals surface area contributed by atoms with Gasteiger partial charge < -0.3 is 5.32 Å². The molecule has 0 aliphatic heterocycles. The third-order valence-corrected chi connectivity index (χ3v) is 3.16. The number of aryl methyl sites for hydroxylation is 1. The average molecular weight is 261 g/mol. The van der Waals surface area contributed by atoms with Crippen LogP contribution in [-0.4, -0.2) is 5.91 Å². The fourth-order valence-electron chi connectivity index (χ4n) is 1.61. The fraction of sp³-hybridized carbons (Fsp3) is 0.0714. The molecule has 0 saturated heterocycles. The van der Waals surface area contributed by atoms with E-state index in [2.05, 4.69) is 17.9 Å². The summed E-state index contributed by atoms with van der Waals surface area (Å²) in [5, 5.41) is 2.64. The SMILES string of the molecule is Cc1cccc(C(=O)Nc2cccc(F)c2)c1S. The second kappa shape index (κ2) is 5.23. The van der Waals surface area contributed by atoms with Crippen LogP contribution in [-0.2, 0) is 0 Å². The topological polar surface area (TPSA) is 29.1 Å². The minimum atomic E-state index is -0.386. The molecule has 1 amide bonds. The van der Waals surface area contributed by atoms with Crippen LogP contribution in [0.5, 0.6) is 0 Å². The van der Waals surface area contributed by atoms with E-state index in [9.17, 15) is 9.18 Å². The van der Waals surface area contributed by atoms with Gasteiger partial charge in [0.2, 0.25) is 0 Å². The summed E-state index contributed by atoms with van der Waals surface area (Å²) in [7, 11) is 0. The summed E-state index contributed by atoms with van der Waals surface area (Å²) in [6.45, 7) is 1.88. The van der Waals surface area contributed by atoms with Crippen LogP contribution in [0.2, 0.25) is 0 Å². The number of amides is 1. The van der Waals surface area contributed by atoms with Gasteiger partial charge in [-0.3, -0.25) is 4.79 Å². The molecule has 0 aliphatic carbocycles. The molecule has 4 heteroatoms. The van der Waals surface area contributed by atoms with E-state index in [1.807, 2.05) is 13.0 Å². The van der Waals surface area contributed by atoms with Crippen molar-refractivity contribution in [2.45, 2.75) is 11.8 Å². The van der Waals surface area contributed by atoms with E-state index >= 15 is 0 Å². The number of hydrogen-bond acceptors (Lipinski definition) is 2. The highest BCUT2D eigenvalue weighted by Gasteiger charge is 2.11. The lowest BCUT2D eigenvalue weighted by Crippen LogP contribution is -2.13. The Balaban J connectivity index is 2.25. The molecule has 1 N–H and O–H groups in total. The molecule has 0 fully saturated rings. The van der Waals surface area contributed by atoms with Gasteiger partial charge in [0.25, 0.3) is 5.91 Å². The van der Waals surface area contributed by atoms with Crippen molar-refractivity contribution < 1.29 is 9.18 Å². The first-order valence-electron chi connectivity index (χ1n) is 5.43. The van der Waals surface area contributed by atoms with E-state index in [0.29, 0.717) is 16.1 Å². The van der Waals surface area contributed by atoms with Gasteiger partial charge in [0, 0.05) is 10.6 Å². The van der Waals surface area contributed by atoms with E-state index in [-0.39, 0.29) is 11.7 Å². The Kier molecular flexibility index (Phi) is 3.67. The van der Waals surface area contributed by atoms with E-state index < -0.39 is 0 Å². The van der Waals surface area contributed by atoms with Crippen molar-refractivity contribution >= 4 is 24.2 Å². The third kappa shape index (κ3) is 2.71. The van der Waals surface area contributed by atoms with Crippen molar-refractivity contribution in [1.29, 1.82) is 0 Å². The number of halogens is 1. The van der Waals surface area contributed by atoms with Crippen LogP contribution in [0, 0.1) is 12.7 Å². The summed E-state index contributed by atoms with van der Waals surface area (Å²) >= 11 is 4.30. The van der Waals surface area contributed by atoms with Crippen LogP contribution in [0.3, 0.4) is 0 Å². The normalized spacial score (nSPS) is 10.2. The Morgan fingerprint density at radius 3 is 2.67 bits per heavy atom. The fourth-order valence-corrected chi connectivity index (χ4v) is 1.86. The Hall–Kier alpha value is -1.81. The van der Waals surface area contributed by atoms with E-state index in [1.54, 1.807) is 24.3 Å². The molecule has 92 valence electrons. The summed E-state index contributed by atoms with van der Waals surface area (Å²) in [4.78, 5) is 12.6. The predicted molar refractivity (Wildman–Crippen MR) is 72.8 cm³/mol. The van der Waals surface area contributed by atoms with E-state index in [0.717, 1.165) is 5.56 Å². The first kappa shape index (κ1) is 12.6. The smallest absolute Gasteiger partial charge is 0.256 e. The van der Waals surface area contributed by atoms with Gasteiger partial charge in [-0.2, -0.15) is 0 Å². The van der Waals surface area contributed by atoms with E-state index in [4.69, 9.17) is 0 Å². The Labute approximate surface area is 110 Å². The monoisotopic (exact) mass is 261 g/mol. The highest BCUT2D eigenvalue weighted by Crippen LogP contribution is 2.20. The molecule has 0 aliphatic rings. The van der Waals surface area contributed by atoms with Gasteiger partial charge in [0.15, 0.2) is 0 Å². The van der Waals surface area contributed by atoms with Crippen molar-refractivity contribution in [2.24, 2.45) is 0 Å². The zero-order valence-corrected chi connectivity index (χ0v) is 10.7. The molecule has 0 bridgehead atoms. The largest absolute Gasteiger partial charge is 0.322 e. The van der Waals surface area contributed by atoms with Crippen molar-refractivity contribution in [3.8, 4) is 0 Å². The number of benzene rings is 2. The summed E-state index contributed by atoms with van der Waals surface area (Å²) in [5.74, 6) is -0.683. The lowest BCUT2D eigenvalue weighted by atomic mass is 10.1. The molecule has 0 spiro atoms. The summed E-state index contributed by atoms with van der Waals surface area (Å²) in [6.07, 6.45) is 0. The van der Waals surface area contributed by atoms with Crippen LogP contribution in [0.25, 0.3) is 0 Å². The van der Waals surface area contributed by atoms with Crippen LogP contribution in [0.1, 0.15) is 15.9 Å². The third-order valence-electron chi connectivity index (χ3n) is 2.56.